The molecule has 29 heavy (non-hydrogen) atoms. The maximum absolute atomic E-state index is 12.1. The van der Waals surface area contributed by atoms with Crippen LogP contribution in [0, 0.1) is 0 Å². The number of benzene rings is 2. The molecule has 2 rings (SSSR count). The first kappa shape index (κ1) is 22.1. The minimum Gasteiger partial charge on any atom is -0.495 e. The first-order chi connectivity index (χ1) is 13.8. The molecule has 0 spiro atoms. The number of hydrogen-bond acceptors (Lipinski definition) is 7. The van der Waals surface area contributed by atoms with Crippen molar-refractivity contribution in [1.82, 2.24) is 4.72 Å². The highest BCUT2D eigenvalue weighted by Gasteiger charge is 2.17. The van der Waals surface area contributed by atoms with Crippen LogP contribution < -0.4 is 9.46 Å². The Morgan fingerprint density at radius 2 is 1.76 bits per heavy atom. The molecule has 0 aromatic heterocycles. The minimum atomic E-state index is -3.72. The van der Waals surface area contributed by atoms with Gasteiger partial charge in [0.05, 0.1) is 19.8 Å². The third-order valence-corrected chi connectivity index (χ3v) is 5.35. The van der Waals surface area contributed by atoms with Crippen molar-refractivity contribution >= 4 is 28.0 Å². The van der Waals surface area contributed by atoms with Crippen LogP contribution in [0.3, 0.4) is 0 Å². The smallest absolute Gasteiger partial charge is 0.337 e. The van der Waals surface area contributed by atoms with Crippen LogP contribution in [0.5, 0.6) is 5.75 Å². The fraction of sp³-hybridized carbons (Fsp3) is 0.200. The van der Waals surface area contributed by atoms with Crippen molar-refractivity contribution in [2.24, 2.45) is 0 Å². The Morgan fingerprint density at radius 3 is 2.34 bits per heavy atom. The lowest BCUT2D eigenvalue weighted by molar-refractivity contribution is -0.138. The summed E-state index contributed by atoms with van der Waals surface area (Å²) in [6, 6.07) is 11.0. The van der Waals surface area contributed by atoms with Gasteiger partial charge in [-0.2, -0.15) is 0 Å². The van der Waals surface area contributed by atoms with Crippen LogP contribution in [0.25, 0.3) is 6.08 Å². The molecule has 0 unspecified atom stereocenters. The topological polar surface area (TPSA) is 108 Å². The van der Waals surface area contributed by atoms with Gasteiger partial charge in [0.2, 0.25) is 10.0 Å². The average Bonchev–Trinajstić information content (AvgIpc) is 2.75. The predicted molar refractivity (Wildman–Crippen MR) is 106 cm³/mol. The molecule has 2 aromatic carbocycles. The third-order valence-electron chi connectivity index (χ3n) is 3.91. The van der Waals surface area contributed by atoms with E-state index in [1.807, 2.05) is 0 Å². The molecule has 0 saturated carbocycles. The number of nitrogens with one attached hydrogen (secondary N) is 1. The average molecular weight is 419 g/mol. The molecule has 0 aliphatic heterocycles. The van der Waals surface area contributed by atoms with E-state index in [-0.39, 0.29) is 17.3 Å². The summed E-state index contributed by atoms with van der Waals surface area (Å²) >= 11 is 0. The zero-order valence-corrected chi connectivity index (χ0v) is 17.0. The van der Waals surface area contributed by atoms with Crippen LogP contribution in [0.15, 0.2) is 53.4 Å². The molecule has 0 atom stereocenters. The van der Waals surface area contributed by atoms with Crippen molar-refractivity contribution in [2.45, 2.75) is 11.5 Å². The third kappa shape index (κ3) is 5.90. The molecular weight excluding hydrogens is 398 g/mol. The van der Waals surface area contributed by atoms with E-state index in [1.165, 1.54) is 45.6 Å². The van der Waals surface area contributed by atoms with E-state index in [1.54, 1.807) is 30.3 Å². The van der Waals surface area contributed by atoms with E-state index in [9.17, 15) is 18.0 Å². The van der Waals surface area contributed by atoms with E-state index in [0.29, 0.717) is 16.7 Å². The maximum Gasteiger partial charge on any atom is 0.337 e. The molecule has 0 fully saturated rings. The summed E-state index contributed by atoms with van der Waals surface area (Å²) in [4.78, 5) is 23.3. The summed E-state index contributed by atoms with van der Waals surface area (Å²) < 4.78 is 41.2. The molecule has 8 nitrogen and oxygen atoms in total. The van der Waals surface area contributed by atoms with E-state index in [2.05, 4.69) is 9.46 Å². The highest BCUT2D eigenvalue weighted by molar-refractivity contribution is 7.89. The number of rotatable bonds is 8. The minimum absolute atomic E-state index is 0.0205. The molecule has 0 bridgehead atoms. The molecule has 9 heteroatoms. The molecule has 154 valence electrons. The molecule has 0 radical (unpaired) electrons. The van der Waals surface area contributed by atoms with Crippen molar-refractivity contribution in [2.75, 3.05) is 21.3 Å². The summed E-state index contributed by atoms with van der Waals surface area (Å²) in [7, 11) is 0.246. The van der Waals surface area contributed by atoms with Gasteiger partial charge in [-0.1, -0.05) is 18.2 Å². The van der Waals surface area contributed by atoms with E-state index >= 15 is 0 Å². The van der Waals surface area contributed by atoms with E-state index < -0.39 is 22.0 Å². The zero-order valence-electron chi connectivity index (χ0n) is 16.2. The Bertz CT molecular complexity index is 1010. The Morgan fingerprint density at radius 1 is 1.07 bits per heavy atom. The number of carbonyl (C=O) groups is 2. The Kier molecular flexibility index (Phi) is 7.52. The molecule has 2 aromatic rings. The molecule has 0 saturated heterocycles. The van der Waals surface area contributed by atoms with Crippen LogP contribution in [0.4, 0.5) is 0 Å². The monoisotopic (exact) mass is 419 g/mol. The first-order valence-corrected chi connectivity index (χ1v) is 9.92. The summed E-state index contributed by atoms with van der Waals surface area (Å²) in [6.45, 7) is 0.0205. The molecule has 0 aliphatic rings. The van der Waals surface area contributed by atoms with Crippen LogP contribution in [0.1, 0.15) is 21.5 Å². The van der Waals surface area contributed by atoms with Gasteiger partial charge in [-0.3, -0.25) is 0 Å². The molecule has 0 aliphatic carbocycles. The van der Waals surface area contributed by atoms with Crippen LogP contribution in [-0.4, -0.2) is 41.6 Å². The molecule has 1 N–H and O–H groups in total. The Labute approximate surface area is 169 Å². The van der Waals surface area contributed by atoms with Gasteiger partial charge in [-0.25, -0.2) is 22.7 Å². The fourth-order valence-electron chi connectivity index (χ4n) is 2.34. The SMILES string of the molecule is CNS(=O)(=O)c1cc(/C=C/C(=O)OCc2ccc(C(=O)OC)cc2)ccc1OC. The summed E-state index contributed by atoms with van der Waals surface area (Å²) in [5, 5.41) is 0. The van der Waals surface area contributed by atoms with Crippen LogP contribution >= 0.6 is 0 Å². The molecular formula is C20H21NO7S. The number of methoxy groups -OCH3 is 2. The van der Waals surface area contributed by atoms with Crippen molar-refractivity contribution in [3.8, 4) is 5.75 Å². The lowest BCUT2D eigenvalue weighted by Gasteiger charge is -2.09. The normalized spacial score (nSPS) is 11.3. The van der Waals surface area contributed by atoms with Gasteiger partial charge < -0.3 is 14.2 Å². The second kappa shape index (κ2) is 9.85. The van der Waals surface area contributed by atoms with Gasteiger partial charge in [0.15, 0.2) is 0 Å². The molecule has 0 amide bonds. The highest BCUT2D eigenvalue weighted by atomic mass is 32.2. The second-order valence-corrected chi connectivity index (χ2v) is 7.60. The lowest BCUT2D eigenvalue weighted by atomic mass is 10.1. The quantitative estimate of drug-likeness (QED) is 0.516. The zero-order chi connectivity index (χ0) is 21.4. The Balaban J connectivity index is 2.03. The van der Waals surface area contributed by atoms with Gasteiger partial charge >= 0.3 is 11.9 Å². The number of hydrogen-bond donors (Lipinski definition) is 1. The number of carbonyl (C=O) groups excluding carboxylic acids is 2. The standard InChI is InChI=1S/C20H21NO7S/c1-21-29(24,25)18-12-14(6-10-17(18)26-2)7-11-19(22)28-13-15-4-8-16(9-5-15)20(23)27-3/h4-12,21H,13H2,1-3H3/b11-7+. The lowest BCUT2D eigenvalue weighted by Crippen LogP contribution is -2.19. The fourth-order valence-corrected chi connectivity index (χ4v) is 3.27. The molecule has 0 heterocycles. The predicted octanol–water partition coefficient (Wildman–Crippen LogP) is 2.15. The largest absolute Gasteiger partial charge is 0.495 e. The Hall–Kier alpha value is -3.17. The van der Waals surface area contributed by atoms with Crippen LogP contribution in [-0.2, 0) is 30.9 Å². The van der Waals surface area contributed by atoms with Crippen molar-refractivity contribution in [3.05, 3.63) is 65.2 Å². The van der Waals surface area contributed by atoms with Crippen molar-refractivity contribution in [3.63, 3.8) is 0 Å². The van der Waals surface area contributed by atoms with Gasteiger partial charge in [0.1, 0.15) is 17.3 Å². The van der Waals surface area contributed by atoms with Gasteiger partial charge in [0.25, 0.3) is 0 Å². The summed E-state index contributed by atoms with van der Waals surface area (Å²) in [5.41, 5.74) is 1.58. The van der Waals surface area contributed by atoms with Gasteiger partial charge in [-0.05, 0) is 48.5 Å². The number of sulfonamides is 1. The first-order valence-electron chi connectivity index (χ1n) is 8.44. The van der Waals surface area contributed by atoms with Crippen molar-refractivity contribution < 1.29 is 32.2 Å². The van der Waals surface area contributed by atoms with Gasteiger partial charge in [-0.15, -0.1) is 0 Å². The van der Waals surface area contributed by atoms with Crippen molar-refractivity contribution in [1.29, 1.82) is 0 Å². The van der Waals surface area contributed by atoms with E-state index in [0.717, 1.165) is 0 Å². The van der Waals surface area contributed by atoms with Gasteiger partial charge in [0, 0.05) is 6.08 Å². The second-order valence-electron chi connectivity index (χ2n) is 5.75. The maximum atomic E-state index is 12.1. The van der Waals surface area contributed by atoms with Crippen LogP contribution in [0.2, 0.25) is 0 Å². The summed E-state index contributed by atoms with van der Waals surface area (Å²) in [5.74, 6) is -0.860. The van der Waals surface area contributed by atoms with E-state index in [4.69, 9.17) is 9.47 Å². The highest BCUT2D eigenvalue weighted by Crippen LogP contribution is 2.25. The number of ether oxygens (including phenoxy) is 3. The number of esters is 2. The summed E-state index contributed by atoms with van der Waals surface area (Å²) in [6.07, 6.45) is 2.64.